The lowest BCUT2D eigenvalue weighted by Crippen LogP contribution is -2.47. The molecule has 2 aromatic carbocycles. The molecule has 0 spiro atoms. The molecule has 1 aliphatic heterocycles. The van der Waals surface area contributed by atoms with Crippen LogP contribution in [0.25, 0.3) is 5.57 Å². The van der Waals surface area contributed by atoms with Crippen LogP contribution >= 0.6 is 23.2 Å². The van der Waals surface area contributed by atoms with Crippen molar-refractivity contribution in [3.8, 4) is 0 Å². The van der Waals surface area contributed by atoms with Crippen molar-refractivity contribution in [3.05, 3.63) is 105 Å². The Kier molecular flexibility index (Phi) is 6.34. The third kappa shape index (κ3) is 4.49. The van der Waals surface area contributed by atoms with E-state index in [4.69, 9.17) is 30.7 Å². The van der Waals surface area contributed by atoms with E-state index in [1.54, 1.807) is 54.3 Å². The van der Waals surface area contributed by atoms with Crippen LogP contribution in [0.15, 0.2) is 67.4 Å². The molecule has 5 nitrogen and oxygen atoms in total. The number of hydrogen-bond acceptors (Lipinski definition) is 4. The van der Waals surface area contributed by atoms with Crippen LogP contribution in [0.2, 0.25) is 10.0 Å². The molecule has 2 heterocycles. The summed E-state index contributed by atoms with van der Waals surface area (Å²) in [6, 6.07) is 15.9. The topological polar surface area (TPSA) is 62.7 Å². The molecule has 1 N–H and O–H groups in total. The minimum Gasteiger partial charge on any atom is -0.396 e. The number of fused-ring (bicyclic) bond motifs is 1. The predicted molar refractivity (Wildman–Crippen MR) is 135 cm³/mol. The number of halogens is 2. The van der Waals surface area contributed by atoms with Gasteiger partial charge in [-0.1, -0.05) is 66.5 Å². The quantitative estimate of drug-likeness (QED) is 0.418. The minimum absolute atomic E-state index is 0.0934. The molecule has 1 unspecified atom stereocenters. The molecule has 0 fully saturated rings. The fourth-order valence-electron chi connectivity index (χ4n) is 4.07. The van der Waals surface area contributed by atoms with Gasteiger partial charge in [-0.15, -0.1) is 0 Å². The number of aliphatic hydroxyl groups is 1. The first kappa shape index (κ1) is 21.8. The van der Waals surface area contributed by atoms with E-state index in [2.05, 4.69) is 11.6 Å². The number of rotatable bonds is 8. The number of amides is 1. The Morgan fingerprint density at radius 1 is 1.21 bits per heavy atom. The van der Waals surface area contributed by atoms with Gasteiger partial charge in [0.05, 0.1) is 26.6 Å². The van der Waals surface area contributed by atoms with Crippen molar-refractivity contribution in [2.24, 2.45) is 5.92 Å². The second kappa shape index (κ2) is 9.88. The van der Waals surface area contributed by atoms with E-state index in [-0.39, 0.29) is 19.1 Å². The van der Waals surface area contributed by atoms with E-state index in [9.17, 15) is 9.90 Å². The van der Waals surface area contributed by atoms with E-state index >= 15 is 0 Å². The van der Waals surface area contributed by atoms with Gasteiger partial charge >= 0.3 is 0 Å². The summed E-state index contributed by atoms with van der Waals surface area (Å²) in [5, 5.41) is 10.9. The van der Waals surface area contributed by atoms with Gasteiger partial charge in [-0.3, -0.25) is 14.7 Å². The fraction of sp³-hybridized carbons (Fsp3) is 0.259. The van der Waals surface area contributed by atoms with Gasteiger partial charge < -0.3 is 9.84 Å². The predicted octanol–water partition coefficient (Wildman–Crippen LogP) is 5.92. The molecule has 1 aromatic heterocycles. The van der Waals surface area contributed by atoms with Crippen LogP contribution in [0.4, 0.5) is 0 Å². The Bertz CT molecular complexity index is 1290. The minimum atomic E-state index is -2.47. The Hall–Kier alpha value is -2.70. The van der Waals surface area contributed by atoms with Gasteiger partial charge in [-0.2, -0.15) is 0 Å². The molecule has 1 aliphatic rings. The average molecular weight is 499 g/mol. The van der Waals surface area contributed by atoms with Gasteiger partial charge in [-0.25, -0.2) is 0 Å². The smallest absolute Gasteiger partial charge is 0.257 e. The highest BCUT2D eigenvalue weighted by Crippen LogP contribution is 2.47. The van der Waals surface area contributed by atoms with Gasteiger partial charge in [0.25, 0.3) is 5.91 Å². The molecule has 176 valence electrons. The van der Waals surface area contributed by atoms with Crippen molar-refractivity contribution in [3.63, 3.8) is 0 Å². The maximum atomic E-state index is 14.0. The largest absolute Gasteiger partial charge is 0.396 e. The molecular weight excluding hydrogens is 471 g/mol. The highest BCUT2D eigenvalue weighted by atomic mass is 35.5. The van der Waals surface area contributed by atoms with Gasteiger partial charge in [0.15, 0.2) is 5.72 Å². The van der Waals surface area contributed by atoms with Gasteiger partial charge in [-0.05, 0) is 42.8 Å². The van der Waals surface area contributed by atoms with Crippen LogP contribution in [0, 0.1) is 5.92 Å². The van der Waals surface area contributed by atoms with Gasteiger partial charge in [0.2, 0.25) is 0 Å². The van der Waals surface area contributed by atoms with E-state index in [1.165, 1.54) is 6.20 Å². The van der Waals surface area contributed by atoms with Crippen molar-refractivity contribution in [2.45, 2.75) is 26.1 Å². The van der Waals surface area contributed by atoms with Crippen LogP contribution in [-0.4, -0.2) is 34.1 Å². The number of allylic oxidation sites excluding steroid dienone is 1. The molecule has 7 heteroatoms. The van der Waals surface area contributed by atoms with Crippen LogP contribution < -0.4 is 0 Å². The summed E-state index contributed by atoms with van der Waals surface area (Å²) >= 11 is 12.2. The summed E-state index contributed by atoms with van der Waals surface area (Å²) in [5.41, 5.74) is 2.46. The maximum Gasteiger partial charge on any atom is 0.257 e. The Balaban J connectivity index is 1.93. The first-order valence-electron chi connectivity index (χ1n) is 11.8. The summed E-state index contributed by atoms with van der Waals surface area (Å²) in [6.45, 7) is 4.85. The molecule has 34 heavy (non-hydrogen) atoms. The summed E-state index contributed by atoms with van der Waals surface area (Å²) < 4.78 is 22.0. The van der Waals surface area contributed by atoms with E-state index in [0.29, 0.717) is 32.4 Å². The van der Waals surface area contributed by atoms with Crippen LogP contribution in [0.5, 0.6) is 0 Å². The molecular formula is C27H26Cl2N2O3. The summed E-state index contributed by atoms with van der Waals surface area (Å²) in [4.78, 5) is 19.9. The number of carbonyl (C=O) groups is 1. The van der Waals surface area contributed by atoms with E-state index < -0.39 is 18.2 Å². The van der Waals surface area contributed by atoms with Crippen molar-refractivity contribution in [1.82, 2.24) is 9.88 Å². The van der Waals surface area contributed by atoms with Crippen molar-refractivity contribution < 1.29 is 17.4 Å². The highest BCUT2D eigenvalue weighted by molar-refractivity contribution is 6.30. The highest BCUT2D eigenvalue weighted by Gasteiger charge is 2.52. The normalized spacial score (nSPS) is 19.4. The Morgan fingerprint density at radius 2 is 1.91 bits per heavy atom. The van der Waals surface area contributed by atoms with Gasteiger partial charge in [0.1, 0.15) is 0 Å². The molecule has 3 aromatic rings. The zero-order valence-electron chi connectivity index (χ0n) is 20.9. The monoisotopic (exact) mass is 498 g/mol. The third-order valence-electron chi connectivity index (χ3n) is 5.84. The Morgan fingerprint density at radius 3 is 2.53 bits per heavy atom. The fourth-order valence-corrected chi connectivity index (χ4v) is 4.31. The standard InChI is InChI=1S/C27H26Cl2N2O3/c1-17(2)19-4-11-25-24(12-19)26(33)31(14-23-10-9-22(29)13-30-23)27(25,34-16-18(3)15-32)20-5-7-21(28)8-6-20/h4-13,18,32H,1,14-16H2,2-3H3/t18-,27?/m1/s1/i15D2. The van der Waals surface area contributed by atoms with E-state index in [0.717, 1.165) is 11.1 Å². The number of benzene rings is 2. The number of carbonyl (C=O) groups excluding carboxylic acids is 1. The van der Waals surface area contributed by atoms with Crippen LogP contribution in [0.1, 0.15) is 49.3 Å². The zero-order valence-corrected chi connectivity index (χ0v) is 20.4. The van der Waals surface area contributed by atoms with Crippen molar-refractivity contribution >= 4 is 34.7 Å². The second-order valence-electron chi connectivity index (χ2n) is 8.39. The molecule has 0 saturated carbocycles. The summed E-state index contributed by atoms with van der Waals surface area (Å²) in [5.74, 6) is -1.16. The second-order valence-corrected chi connectivity index (χ2v) is 9.26. The molecule has 0 aliphatic carbocycles. The van der Waals surface area contributed by atoms with Crippen LogP contribution in [0.3, 0.4) is 0 Å². The number of pyridine rings is 1. The summed E-state index contributed by atoms with van der Waals surface area (Å²) in [7, 11) is 0. The lowest BCUT2D eigenvalue weighted by Gasteiger charge is -2.40. The maximum absolute atomic E-state index is 14.0. The molecule has 2 atom stereocenters. The van der Waals surface area contributed by atoms with Crippen molar-refractivity contribution in [1.29, 1.82) is 0 Å². The van der Waals surface area contributed by atoms with E-state index in [1.807, 2.05) is 19.1 Å². The molecule has 0 saturated heterocycles. The third-order valence-corrected chi connectivity index (χ3v) is 6.32. The summed E-state index contributed by atoms with van der Waals surface area (Å²) in [6.07, 6.45) is 1.51. The zero-order chi connectivity index (χ0) is 26.3. The van der Waals surface area contributed by atoms with Gasteiger partial charge in [0, 0.05) is 40.4 Å². The first-order chi connectivity index (χ1) is 16.9. The molecule has 0 radical (unpaired) electrons. The number of nitrogens with zero attached hydrogens (tertiary/aromatic N) is 2. The lowest BCUT2D eigenvalue weighted by atomic mass is 9.91. The molecule has 1 amide bonds. The SMILES string of the molecule is [2H]C([2H])(O)[C@@H](C)COC1(c2ccc(Cl)cc2)c2ccc(C(=C)C)cc2C(=O)N1Cc1ccc(Cl)cn1. The average Bonchev–Trinajstić information content (AvgIpc) is 3.06. The molecule has 4 rings (SSSR count). The van der Waals surface area contributed by atoms with Crippen molar-refractivity contribution in [2.75, 3.05) is 13.2 Å². The first-order valence-corrected chi connectivity index (χ1v) is 11.5. The number of aromatic nitrogens is 1. The number of hydrogen-bond donors (Lipinski definition) is 1. The number of ether oxygens (including phenoxy) is 1. The molecule has 0 bridgehead atoms. The van der Waals surface area contributed by atoms with Crippen LogP contribution in [-0.2, 0) is 17.0 Å². The lowest BCUT2D eigenvalue weighted by molar-refractivity contribution is -0.123. The Labute approximate surface area is 212 Å².